The largest absolute Gasteiger partial charge is 0.338 e. The van der Waals surface area contributed by atoms with Gasteiger partial charge in [-0.05, 0) is 57.5 Å². The van der Waals surface area contributed by atoms with E-state index in [0.717, 1.165) is 37.2 Å². The Labute approximate surface area is 153 Å². The second kappa shape index (κ2) is 8.27. The number of carbonyl (C=O) groups excluding carboxylic acids is 1. The number of hydrogen-bond donors (Lipinski definition) is 1. The summed E-state index contributed by atoms with van der Waals surface area (Å²) >= 11 is 0. The van der Waals surface area contributed by atoms with E-state index in [2.05, 4.69) is 21.9 Å². The fraction of sp³-hybridized carbons (Fsp3) is 0.450. The van der Waals surface area contributed by atoms with Crippen LogP contribution in [0.1, 0.15) is 41.0 Å². The first-order valence-corrected chi connectivity index (χ1v) is 9.14. The van der Waals surface area contributed by atoms with Gasteiger partial charge in [-0.2, -0.15) is 0 Å². The molecule has 0 spiro atoms. The molecule has 6 heteroatoms. The summed E-state index contributed by atoms with van der Waals surface area (Å²) in [5.41, 5.74) is 1.75. The van der Waals surface area contributed by atoms with Gasteiger partial charge in [-0.15, -0.1) is 0 Å². The summed E-state index contributed by atoms with van der Waals surface area (Å²) in [6, 6.07) is 9.77. The number of aryl methyl sites for hydroxylation is 1. The highest BCUT2D eigenvalue weighted by Gasteiger charge is 2.25. The number of likely N-dealkylation sites (tertiary alicyclic amines) is 1. The Morgan fingerprint density at radius 2 is 2.12 bits per heavy atom. The van der Waals surface area contributed by atoms with Crippen LogP contribution in [-0.4, -0.2) is 51.9 Å². The molecule has 1 atom stereocenters. The molecule has 138 valence electrons. The minimum Gasteiger partial charge on any atom is -0.338 e. The molecular formula is C20H26N4O2. The first-order valence-electron chi connectivity index (χ1n) is 9.14. The summed E-state index contributed by atoms with van der Waals surface area (Å²) in [6.07, 6.45) is 4.69. The van der Waals surface area contributed by atoms with E-state index < -0.39 is 0 Å². The molecule has 0 bridgehead atoms. The van der Waals surface area contributed by atoms with E-state index >= 15 is 0 Å². The van der Waals surface area contributed by atoms with Gasteiger partial charge in [-0.3, -0.25) is 19.5 Å². The minimum absolute atomic E-state index is 0.167. The molecule has 0 unspecified atom stereocenters. The Hall–Kier alpha value is -2.47. The number of H-pyrrole nitrogens is 1. The third-order valence-corrected chi connectivity index (χ3v) is 5.03. The van der Waals surface area contributed by atoms with Crippen molar-refractivity contribution in [3.8, 4) is 0 Å². The monoisotopic (exact) mass is 354 g/mol. The Morgan fingerprint density at radius 3 is 2.85 bits per heavy atom. The average Bonchev–Trinajstić information content (AvgIpc) is 2.88. The van der Waals surface area contributed by atoms with Crippen LogP contribution in [0.5, 0.6) is 0 Å². The van der Waals surface area contributed by atoms with E-state index in [9.17, 15) is 9.59 Å². The molecule has 0 saturated carbocycles. The van der Waals surface area contributed by atoms with Gasteiger partial charge in [0.15, 0.2) is 0 Å². The van der Waals surface area contributed by atoms with Crippen LogP contribution in [-0.2, 0) is 6.54 Å². The van der Waals surface area contributed by atoms with Gasteiger partial charge >= 0.3 is 0 Å². The first kappa shape index (κ1) is 18.3. The van der Waals surface area contributed by atoms with Crippen LogP contribution in [0.2, 0.25) is 0 Å². The van der Waals surface area contributed by atoms with Crippen molar-refractivity contribution >= 4 is 5.91 Å². The van der Waals surface area contributed by atoms with Gasteiger partial charge in [0.2, 0.25) is 0 Å². The smallest absolute Gasteiger partial charge is 0.260 e. The van der Waals surface area contributed by atoms with Crippen LogP contribution < -0.4 is 5.56 Å². The van der Waals surface area contributed by atoms with Crippen LogP contribution in [0.4, 0.5) is 0 Å². The van der Waals surface area contributed by atoms with Crippen molar-refractivity contribution in [3.05, 3.63) is 63.8 Å². The molecule has 1 aliphatic rings. The topological polar surface area (TPSA) is 69.3 Å². The van der Waals surface area contributed by atoms with E-state index in [4.69, 9.17) is 0 Å². The number of hydrogen-bond acceptors (Lipinski definition) is 4. The zero-order valence-electron chi connectivity index (χ0n) is 15.4. The van der Waals surface area contributed by atoms with Crippen LogP contribution in [0.3, 0.4) is 0 Å². The van der Waals surface area contributed by atoms with E-state index in [0.29, 0.717) is 19.1 Å². The number of pyridine rings is 2. The lowest BCUT2D eigenvalue weighted by molar-refractivity contribution is 0.0755. The lowest BCUT2D eigenvalue weighted by Gasteiger charge is -2.27. The maximum absolute atomic E-state index is 12.7. The maximum atomic E-state index is 12.7. The molecule has 0 aromatic carbocycles. The highest BCUT2D eigenvalue weighted by molar-refractivity contribution is 5.93. The fourth-order valence-corrected chi connectivity index (χ4v) is 3.51. The molecule has 1 saturated heterocycles. The number of rotatable bonds is 4. The zero-order valence-corrected chi connectivity index (χ0v) is 15.4. The standard InChI is InChI=1S/C20H26N4O2/c1-15-8-9-18(19(25)22-15)20(26)24-12-5-7-17(10-13-24)23(2)14-16-6-3-4-11-21-16/h3-4,6,8-9,11,17H,5,7,10,12-14H2,1-2H3,(H,22,25)/t17-/m0/s1. The molecule has 2 aromatic rings. The molecule has 6 nitrogen and oxygen atoms in total. The molecule has 1 aliphatic heterocycles. The van der Waals surface area contributed by atoms with Gasteiger partial charge in [0, 0.05) is 37.6 Å². The number of aromatic nitrogens is 2. The SMILES string of the molecule is Cc1ccc(C(=O)N2CCC[C@H](N(C)Cc3ccccn3)CC2)c(=O)[nH]1. The summed E-state index contributed by atoms with van der Waals surface area (Å²) in [6.45, 7) is 3.98. The van der Waals surface area contributed by atoms with Gasteiger partial charge in [0.05, 0.1) is 5.69 Å². The molecule has 2 aromatic heterocycles. The molecule has 26 heavy (non-hydrogen) atoms. The quantitative estimate of drug-likeness (QED) is 0.914. The third-order valence-electron chi connectivity index (χ3n) is 5.03. The number of nitrogens with zero attached hydrogens (tertiary/aromatic N) is 3. The van der Waals surface area contributed by atoms with Gasteiger partial charge in [0.25, 0.3) is 11.5 Å². The van der Waals surface area contributed by atoms with E-state index in [1.807, 2.05) is 36.2 Å². The highest BCUT2D eigenvalue weighted by atomic mass is 16.2. The van der Waals surface area contributed by atoms with E-state index in [1.165, 1.54) is 0 Å². The van der Waals surface area contributed by atoms with Gasteiger partial charge in [-0.1, -0.05) is 6.07 Å². The van der Waals surface area contributed by atoms with E-state index in [-0.39, 0.29) is 17.0 Å². The Bertz CT molecular complexity index is 803. The molecule has 1 amide bonds. The van der Waals surface area contributed by atoms with Gasteiger partial charge < -0.3 is 9.88 Å². The van der Waals surface area contributed by atoms with Gasteiger partial charge in [0.1, 0.15) is 5.56 Å². The molecule has 3 heterocycles. The summed E-state index contributed by atoms with van der Waals surface area (Å²) in [7, 11) is 2.11. The molecule has 3 rings (SSSR count). The van der Waals surface area contributed by atoms with Crippen LogP contribution in [0, 0.1) is 6.92 Å². The molecule has 0 aliphatic carbocycles. The highest BCUT2D eigenvalue weighted by Crippen LogP contribution is 2.18. The van der Waals surface area contributed by atoms with Crippen molar-refractivity contribution in [2.24, 2.45) is 0 Å². The van der Waals surface area contributed by atoms with Crippen molar-refractivity contribution in [1.82, 2.24) is 19.8 Å². The molecule has 1 fully saturated rings. The second-order valence-electron chi connectivity index (χ2n) is 7.00. The van der Waals surface area contributed by atoms with Crippen molar-refractivity contribution in [1.29, 1.82) is 0 Å². The summed E-state index contributed by atoms with van der Waals surface area (Å²) < 4.78 is 0. The fourth-order valence-electron chi connectivity index (χ4n) is 3.51. The maximum Gasteiger partial charge on any atom is 0.260 e. The van der Waals surface area contributed by atoms with Crippen LogP contribution >= 0.6 is 0 Å². The second-order valence-corrected chi connectivity index (χ2v) is 7.00. The Kier molecular flexibility index (Phi) is 5.83. The summed E-state index contributed by atoms with van der Waals surface area (Å²) in [5, 5.41) is 0. The predicted octanol–water partition coefficient (Wildman–Crippen LogP) is 2.21. The van der Waals surface area contributed by atoms with Crippen LogP contribution in [0.25, 0.3) is 0 Å². The van der Waals surface area contributed by atoms with Crippen molar-refractivity contribution in [3.63, 3.8) is 0 Å². The van der Waals surface area contributed by atoms with Crippen molar-refractivity contribution in [2.45, 2.75) is 38.8 Å². The van der Waals surface area contributed by atoms with Crippen molar-refractivity contribution < 1.29 is 4.79 Å². The normalized spacial score (nSPS) is 18.0. The predicted molar refractivity (Wildman–Crippen MR) is 101 cm³/mol. The minimum atomic E-state index is -0.303. The number of nitrogens with one attached hydrogen (secondary N) is 1. The third kappa shape index (κ3) is 4.38. The van der Waals surface area contributed by atoms with Gasteiger partial charge in [-0.25, -0.2) is 0 Å². The van der Waals surface area contributed by atoms with Crippen molar-refractivity contribution in [2.75, 3.05) is 20.1 Å². The molecular weight excluding hydrogens is 328 g/mol. The first-order chi connectivity index (χ1) is 12.5. The molecule has 1 N–H and O–H groups in total. The Morgan fingerprint density at radius 1 is 1.27 bits per heavy atom. The zero-order chi connectivity index (χ0) is 18.5. The molecule has 0 radical (unpaired) electrons. The van der Waals surface area contributed by atoms with Crippen LogP contribution in [0.15, 0.2) is 41.3 Å². The number of aromatic amines is 1. The summed E-state index contributed by atoms with van der Waals surface area (Å²) in [4.78, 5) is 36.0. The lowest BCUT2D eigenvalue weighted by atomic mass is 10.1. The summed E-state index contributed by atoms with van der Waals surface area (Å²) in [5.74, 6) is -0.167. The van der Waals surface area contributed by atoms with E-state index in [1.54, 1.807) is 12.1 Å². The Balaban J connectivity index is 1.62. The number of amides is 1. The lowest BCUT2D eigenvalue weighted by Crippen LogP contribution is -2.37. The average molecular weight is 354 g/mol. The number of carbonyl (C=O) groups is 1.